The van der Waals surface area contributed by atoms with Crippen molar-refractivity contribution in [1.29, 1.82) is 0 Å². The average Bonchev–Trinajstić information content (AvgIpc) is 3.29. The van der Waals surface area contributed by atoms with Crippen molar-refractivity contribution in [2.24, 2.45) is 0 Å². The Morgan fingerprint density at radius 1 is 1.18 bits per heavy atom. The predicted molar refractivity (Wildman–Crippen MR) is 127 cm³/mol. The van der Waals surface area contributed by atoms with Gasteiger partial charge in [0.25, 0.3) is 0 Å². The van der Waals surface area contributed by atoms with Crippen LogP contribution in [0.3, 0.4) is 0 Å². The van der Waals surface area contributed by atoms with Gasteiger partial charge in [0.15, 0.2) is 11.0 Å². The second-order valence-corrected chi connectivity index (χ2v) is 9.58. The third-order valence-electron chi connectivity index (χ3n) is 6.59. The number of nitrogens with one attached hydrogen (secondary N) is 1. The molecule has 1 aliphatic carbocycles. The molecular formula is C23H34N6O3S. The van der Waals surface area contributed by atoms with E-state index in [9.17, 15) is 4.79 Å². The second kappa shape index (κ2) is 11.9. The summed E-state index contributed by atoms with van der Waals surface area (Å²) in [5.74, 6) is 1.09. The minimum Gasteiger partial charge on any atom is -0.383 e. The third-order valence-corrected chi connectivity index (χ3v) is 7.55. The number of aromatic nitrogens is 4. The molecule has 2 aromatic rings. The van der Waals surface area contributed by atoms with Crippen LogP contribution in [0.1, 0.15) is 32.1 Å². The zero-order chi connectivity index (χ0) is 22.9. The Kier molecular flexibility index (Phi) is 8.71. The molecule has 2 aromatic heterocycles. The highest BCUT2D eigenvalue weighted by Crippen LogP contribution is 2.34. The van der Waals surface area contributed by atoms with Crippen molar-refractivity contribution in [3.8, 4) is 11.4 Å². The minimum absolute atomic E-state index is 0.0324. The fourth-order valence-electron chi connectivity index (χ4n) is 4.79. The van der Waals surface area contributed by atoms with Crippen molar-refractivity contribution in [2.45, 2.75) is 49.3 Å². The summed E-state index contributed by atoms with van der Waals surface area (Å²) in [4.78, 5) is 19.4. The summed E-state index contributed by atoms with van der Waals surface area (Å²) in [7, 11) is 1.67. The Bertz CT molecular complexity index is 882. The van der Waals surface area contributed by atoms with Gasteiger partial charge in [0.1, 0.15) is 0 Å². The summed E-state index contributed by atoms with van der Waals surface area (Å²) in [6.45, 7) is 5.31. The maximum atomic E-state index is 12.8. The van der Waals surface area contributed by atoms with E-state index in [1.807, 2.05) is 16.7 Å². The van der Waals surface area contributed by atoms with Gasteiger partial charge in [-0.1, -0.05) is 31.0 Å². The van der Waals surface area contributed by atoms with Crippen molar-refractivity contribution < 1.29 is 14.3 Å². The SMILES string of the molecule is COCCn1c(SCC(=O)NCC2(N3CCOCC3)CCCCC2)nnc1-c1ccncc1. The summed E-state index contributed by atoms with van der Waals surface area (Å²) in [6.07, 6.45) is 9.49. The van der Waals surface area contributed by atoms with Gasteiger partial charge in [-0.2, -0.15) is 0 Å². The topological polar surface area (TPSA) is 94.4 Å². The number of pyridine rings is 1. The number of thioether (sulfide) groups is 1. The first kappa shape index (κ1) is 24.1. The average molecular weight is 475 g/mol. The Morgan fingerprint density at radius 2 is 1.94 bits per heavy atom. The van der Waals surface area contributed by atoms with E-state index in [-0.39, 0.29) is 11.4 Å². The number of morpholine rings is 1. The number of carbonyl (C=O) groups excluding carboxylic acids is 1. The van der Waals surface area contributed by atoms with Crippen LogP contribution in [0, 0.1) is 0 Å². The molecule has 2 aliphatic rings. The first-order chi connectivity index (χ1) is 16.2. The van der Waals surface area contributed by atoms with Crippen LogP contribution in [0.15, 0.2) is 29.7 Å². The second-order valence-electron chi connectivity index (χ2n) is 8.64. The quantitative estimate of drug-likeness (QED) is 0.524. The molecule has 3 heterocycles. The van der Waals surface area contributed by atoms with Crippen LogP contribution < -0.4 is 5.32 Å². The van der Waals surface area contributed by atoms with Gasteiger partial charge in [-0.05, 0) is 25.0 Å². The smallest absolute Gasteiger partial charge is 0.230 e. The predicted octanol–water partition coefficient (Wildman–Crippen LogP) is 2.23. The molecule has 0 atom stereocenters. The monoisotopic (exact) mass is 474 g/mol. The molecule has 10 heteroatoms. The van der Waals surface area contributed by atoms with Crippen LogP contribution >= 0.6 is 11.8 Å². The summed E-state index contributed by atoms with van der Waals surface area (Å²) in [5, 5.41) is 12.7. The fourth-order valence-corrected chi connectivity index (χ4v) is 5.59. The highest BCUT2D eigenvalue weighted by molar-refractivity contribution is 7.99. The molecule has 1 saturated carbocycles. The molecular weight excluding hydrogens is 440 g/mol. The van der Waals surface area contributed by atoms with Crippen LogP contribution in [0.5, 0.6) is 0 Å². The molecule has 4 rings (SSSR count). The Hall–Kier alpha value is -2.01. The van der Waals surface area contributed by atoms with Gasteiger partial charge in [-0.3, -0.25) is 19.2 Å². The Labute approximate surface area is 199 Å². The van der Waals surface area contributed by atoms with Gasteiger partial charge in [0, 0.05) is 50.2 Å². The molecule has 0 aromatic carbocycles. The van der Waals surface area contributed by atoms with E-state index in [2.05, 4.69) is 25.4 Å². The van der Waals surface area contributed by atoms with Crippen molar-refractivity contribution in [2.75, 3.05) is 52.3 Å². The highest BCUT2D eigenvalue weighted by Gasteiger charge is 2.38. The number of hydrogen-bond acceptors (Lipinski definition) is 8. The molecule has 1 saturated heterocycles. The van der Waals surface area contributed by atoms with Crippen molar-refractivity contribution in [3.63, 3.8) is 0 Å². The molecule has 1 amide bonds. The van der Waals surface area contributed by atoms with Crippen LogP contribution in [-0.4, -0.2) is 88.4 Å². The summed E-state index contributed by atoms with van der Waals surface area (Å²) < 4.78 is 12.8. The maximum absolute atomic E-state index is 12.8. The van der Waals surface area contributed by atoms with Crippen molar-refractivity contribution in [3.05, 3.63) is 24.5 Å². The molecule has 0 bridgehead atoms. The van der Waals surface area contributed by atoms with E-state index in [1.165, 1.54) is 31.0 Å². The van der Waals surface area contributed by atoms with Gasteiger partial charge in [-0.25, -0.2) is 0 Å². The van der Waals surface area contributed by atoms with E-state index in [4.69, 9.17) is 9.47 Å². The van der Waals surface area contributed by atoms with E-state index in [0.29, 0.717) is 25.4 Å². The lowest BCUT2D eigenvalue weighted by Gasteiger charge is -2.48. The molecule has 2 fully saturated rings. The van der Waals surface area contributed by atoms with Crippen LogP contribution in [-0.2, 0) is 20.8 Å². The Balaban J connectivity index is 1.37. The molecule has 9 nitrogen and oxygen atoms in total. The van der Waals surface area contributed by atoms with Crippen LogP contribution in [0.25, 0.3) is 11.4 Å². The first-order valence-electron chi connectivity index (χ1n) is 11.8. The lowest BCUT2D eigenvalue weighted by molar-refractivity contribution is -0.119. The van der Waals surface area contributed by atoms with Gasteiger partial charge in [0.05, 0.1) is 32.1 Å². The molecule has 33 heavy (non-hydrogen) atoms. The zero-order valence-electron chi connectivity index (χ0n) is 19.4. The fraction of sp³-hybridized carbons (Fsp3) is 0.652. The third kappa shape index (κ3) is 6.11. The molecule has 0 spiro atoms. The van der Waals surface area contributed by atoms with Crippen LogP contribution in [0.2, 0.25) is 0 Å². The van der Waals surface area contributed by atoms with E-state index in [0.717, 1.165) is 55.7 Å². The van der Waals surface area contributed by atoms with Crippen molar-refractivity contribution in [1.82, 2.24) is 30.0 Å². The summed E-state index contributed by atoms with van der Waals surface area (Å²) in [6, 6.07) is 3.81. The Morgan fingerprint density at radius 3 is 2.67 bits per heavy atom. The highest BCUT2D eigenvalue weighted by atomic mass is 32.2. The van der Waals surface area contributed by atoms with Gasteiger partial charge in [0.2, 0.25) is 5.91 Å². The normalized spacial score (nSPS) is 18.8. The zero-order valence-corrected chi connectivity index (χ0v) is 20.2. The minimum atomic E-state index is 0.0324. The first-order valence-corrected chi connectivity index (χ1v) is 12.8. The molecule has 0 radical (unpaired) electrons. The van der Waals surface area contributed by atoms with E-state index >= 15 is 0 Å². The van der Waals surface area contributed by atoms with Gasteiger partial charge >= 0.3 is 0 Å². The standard InChI is InChI=1S/C23H34N6O3S/c1-31-14-13-29-21(19-5-9-24-10-6-19)26-27-22(29)33-17-20(30)25-18-23(7-3-2-4-8-23)28-11-15-32-16-12-28/h5-6,9-10H,2-4,7-8,11-18H2,1H3,(H,25,30). The number of amides is 1. The number of carbonyl (C=O) groups is 1. The van der Waals surface area contributed by atoms with Crippen molar-refractivity contribution >= 4 is 17.7 Å². The summed E-state index contributed by atoms with van der Waals surface area (Å²) in [5.41, 5.74) is 1.00. The number of rotatable bonds is 10. The van der Waals surface area contributed by atoms with Gasteiger partial charge in [-0.15, -0.1) is 10.2 Å². The lowest BCUT2D eigenvalue weighted by Crippen LogP contribution is -2.59. The summed E-state index contributed by atoms with van der Waals surface area (Å²) >= 11 is 1.41. The number of nitrogens with zero attached hydrogens (tertiary/aromatic N) is 5. The molecule has 1 N–H and O–H groups in total. The van der Waals surface area contributed by atoms with E-state index in [1.54, 1.807) is 19.5 Å². The van der Waals surface area contributed by atoms with Crippen LogP contribution in [0.4, 0.5) is 0 Å². The lowest BCUT2D eigenvalue weighted by atomic mass is 9.79. The number of hydrogen-bond donors (Lipinski definition) is 1. The number of ether oxygens (including phenoxy) is 2. The van der Waals surface area contributed by atoms with E-state index < -0.39 is 0 Å². The molecule has 0 unspecified atom stereocenters. The molecule has 1 aliphatic heterocycles. The maximum Gasteiger partial charge on any atom is 0.230 e. The number of methoxy groups -OCH3 is 1. The molecule has 180 valence electrons. The van der Waals surface area contributed by atoms with Gasteiger partial charge < -0.3 is 14.8 Å². The largest absolute Gasteiger partial charge is 0.383 e.